The van der Waals surface area contributed by atoms with E-state index in [1.54, 1.807) is 27.0 Å². The second-order valence-electron chi connectivity index (χ2n) is 9.30. The van der Waals surface area contributed by atoms with Crippen molar-refractivity contribution in [2.24, 2.45) is 23.2 Å². The second-order valence-corrected chi connectivity index (χ2v) is 9.30. The molecule has 2 N–H and O–H groups in total. The highest BCUT2D eigenvalue weighted by atomic mass is 16.5. The van der Waals surface area contributed by atoms with Crippen molar-refractivity contribution in [3.8, 4) is 0 Å². The summed E-state index contributed by atoms with van der Waals surface area (Å²) in [4.78, 5) is 15.0. The normalized spacial score (nSPS) is 41.2. The number of carbonyl (C=O) groups excluding carboxylic acids is 1. The molecule has 1 saturated carbocycles. The predicted molar refractivity (Wildman–Crippen MR) is 109 cm³/mol. The second kappa shape index (κ2) is 7.56. The summed E-state index contributed by atoms with van der Waals surface area (Å²) in [5, 5.41) is 17.1. The Morgan fingerprint density at radius 3 is 2.62 bits per heavy atom. The number of aliphatic hydroxyl groups excluding tert-OH is 2. The molecule has 5 aliphatic rings. The minimum absolute atomic E-state index is 0.0597. The van der Waals surface area contributed by atoms with Crippen LogP contribution in [0.4, 0.5) is 0 Å². The van der Waals surface area contributed by atoms with Gasteiger partial charge in [-0.05, 0) is 64.8 Å². The van der Waals surface area contributed by atoms with Crippen LogP contribution >= 0.6 is 0 Å². The lowest BCUT2D eigenvalue weighted by atomic mass is 9.48. The van der Waals surface area contributed by atoms with Crippen LogP contribution in [0.25, 0.3) is 0 Å². The van der Waals surface area contributed by atoms with Gasteiger partial charge in [0.25, 0.3) is 0 Å². The summed E-state index contributed by atoms with van der Waals surface area (Å²) in [6.07, 6.45) is 9.83. The quantitative estimate of drug-likeness (QED) is 0.751. The molecule has 160 valence electrons. The largest absolute Gasteiger partial charge is 0.493 e. The number of rotatable bonds is 3. The van der Waals surface area contributed by atoms with Gasteiger partial charge in [-0.1, -0.05) is 12.2 Å². The van der Waals surface area contributed by atoms with Gasteiger partial charge in [0.05, 0.1) is 19.3 Å². The van der Waals surface area contributed by atoms with E-state index in [9.17, 15) is 4.79 Å². The van der Waals surface area contributed by atoms with Crippen molar-refractivity contribution in [3.05, 3.63) is 35.8 Å². The molecule has 2 aliphatic heterocycles. The van der Waals surface area contributed by atoms with Gasteiger partial charge in [0, 0.05) is 23.3 Å². The van der Waals surface area contributed by atoms with Gasteiger partial charge in [-0.25, -0.2) is 0 Å². The zero-order valence-corrected chi connectivity index (χ0v) is 17.7. The molecule has 8 atom stereocenters. The van der Waals surface area contributed by atoms with Crippen molar-refractivity contribution in [2.75, 3.05) is 20.7 Å². The van der Waals surface area contributed by atoms with Gasteiger partial charge < -0.3 is 24.6 Å². The molecule has 6 heteroatoms. The Labute approximate surface area is 172 Å². The summed E-state index contributed by atoms with van der Waals surface area (Å²) in [6, 6.07) is 0.513. The average molecular weight is 404 g/mol. The minimum Gasteiger partial charge on any atom is -0.493 e. The number of carbonyl (C=O) groups is 1. The van der Waals surface area contributed by atoms with Gasteiger partial charge in [-0.15, -0.1) is 0 Å². The summed E-state index contributed by atoms with van der Waals surface area (Å²) in [5.41, 5.74) is -0.0597. The van der Waals surface area contributed by atoms with E-state index in [-0.39, 0.29) is 29.5 Å². The molecule has 5 rings (SSSR count). The molecule has 29 heavy (non-hydrogen) atoms. The third-order valence-corrected chi connectivity index (χ3v) is 7.40. The fraction of sp³-hybridized carbons (Fsp3) is 0.696. The maximum atomic E-state index is 12.6. The number of piperidine rings is 1. The Kier molecular flexibility index (Phi) is 5.38. The lowest BCUT2D eigenvalue weighted by Gasteiger charge is -2.59. The lowest BCUT2D eigenvalue weighted by molar-refractivity contribution is -0.140. The molecule has 2 saturated heterocycles. The van der Waals surface area contributed by atoms with Crippen molar-refractivity contribution >= 4 is 5.78 Å². The van der Waals surface area contributed by atoms with E-state index in [4.69, 9.17) is 19.7 Å². The highest BCUT2D eigenvalue weighted by Gasteiger charge is 2.69. The van der Waals surface area contributed by atoms with Crippen LogP contribution in [0.3, 0.4) is 0 Å². The number of hydrogen-bond donors (Lipinski definition) is 2. The molecular formula is C23H33NO5. The molecule has 6 nitrogen and oxygen atoms in total. The number of ether oxygens (including phenoxy) is 2. The molecule has 0 aromatic carbocycles. The predicted octanol–water partition coefficient (Wildman–Crippen LogP) is 2.03. The topological polar surface area (TPSA) is 79.2 Å². The SMILES string of the molecule is COC1=C2O[C@H]3C(=O)C=C[C@H]4[C@H]5CC(C=C1)C2[C@@]34CCN5C.C[C@H](O)C[C@H](C)O. The number of nitrogens with zero attached hydrogens (tertiary/aromatic N) is 1. The van der Waals surface area contributed by atoms with Crippen molar-refractivity contribution in [1.29, 1.82) is 0 Å². The average Bonchev–Trinajstić information content (AvgIpc) is 3.01. The van der Waals surface area contributed by atoms with Gasteiger partial charge in [0.1, 0.15) is 5.76 Å². The van der Waals surface area contributed by atoms with E-state index in [1.165, 1.54) is 0 Å². The van der Waals surface area contributed by atoms with Crippen LogP contribution in [0.2, 0.25) is 0 Å². The van der Waals surface area contributed by atoms with E-state index in [1.807, 2.05) is 6.08 Å². The highest BCUT2D eigenvalue weighted by Crippen LogP contribution is 2.66. The maximum absolute atomic E-state index is 12.6. The molecule has 3 fully saturated rings. The number of likely N-dealkylation sites (tertiary alicyclic amines) is 1. The van der Waals surface area contributed by atoms with Crippen LogP contribution in [0.15, 0.2) is 35.8 Å². The van der Waals surface area contributed by atoms with Crippen LogP contribution < -0.4 is 0 Å². The Hall–Kier alpha value is -1.63. The molecule has 2 bridgehead atoms. The van der Waals surface area contributed by atoms with Gasteiger partial charge >= 0.3 is 0 Å². The zero-order valence-electron chi connectivity index (χ0n) is 17.7. The maximum Gasteiger partial charge on any atom is 0.196 e. The van der Waals surface area contributed by atoms with E-state index in [0.29, 0.717) is 30.2 Å². The summed E-state index contributed by atoms with van der Waals surface area (Å²) in [7, 11) is 3.91. The van der Waals surface area contributed by atoms with Crippen LogP contribution in [0, 0.1) is 23.2 Å². The number of aliphatic hydroxyl groups is 2. The minimum atomic E-state index is -0.375. The Morgan fingerprint density at radius 2 is 2.00 bits per heavy atom. The molecule has 0 radical (unpaired) electrons. The van der Waals surface area contributed by atoms with Crippen LogP contribution in [0.1, 0.15) is 33.1 Å². The fourth-order valence-corrected chi connectivity index (χ4v) is 6.33. The molecule has 0 amide bonds. The molecular weight excluding hydrogens is 370 g/mol. The Bertz CT molecular complexity index is 748. The monoisotopic (exact) mass is 403 g/mol. The summed E-state index contributed by atoms with van der Waals surface area (Å²) in [6.45, 7) is 4.37. The van der Waals surface area contributed by atoms with Gasteiger partial charge in [0.2, 0.25) is 0 Å². The third kappa shape index (κ3) is 3.16. The summed E-state index contributed by atoms with van der Waals surface area (Å²) < 4.78 is 11.8. The zero-order chi connectivity index (χ0) is 20.9. The van der Waals surface area contributed by atoms with Crippen LogP contribution in [-0.2, 0) is 14.3 Å². The lowest BCUT2D eigenvalue weighted by Crippen LogP contribution is -2.64. The molecule has 0 aromatic rings. The van der Waals surface area contributed by atoms with Gasteiger partial charge in [-0.2, -0.15) is 0 Å². The molecule has 2 unspecified atom stereocenters. The fourth-order valence-electron chi connectivity index (χ4n) is 6.33. The smallest absolute Gasteiger partial charge is 0.196 e. The number of ketones is 1. The van der Waals surface area contributed by atoms with Crippen molar-refractivity contribution < 1.29 is 24.5 Å². The molecule has 3 aliphatic carbocycles. The van der Waals surface area contributed by atoms with Crippen molar-refractivity contribution in [3.63, 3.8) is 0 Å². The summed E-state index contributed by atoms with van der Waals surface area (Å²) in [5.74, 6) is 3.07. The number of hydrogen-bond acceptors (Lipinski definition) is 6. The summed E-state index contributed by atoms with van der Waals surface area (Å²) >= 11 is 0. The van der Waals surface area contributed by atoms with Crippen molar-refractivity contribution in [2.45, 2.75) is 57.5 Å². The molecule has 0 aromatic heterocycles. The van der Waals surface area contributed by atoms with Gasteiger partial charge in [-0.3, -0.25) is 4.79 Å². The van der Waals surface area contributed by atoms with Gasteiger partial charge in [0.15, 0.2) is 17.6 Å². The van der Waals surface area contributed by atoms with E-state index >= 15 is 0 Å². The van der Waals surface area contributed by atoms with E-state index < -0.39 is 0 Å². The standard InChI is InChI=1S/C18H21NO3.C5H12O2/c1-19-8-7-18-11-4-5-13(20)17(18)22-16-14(21-2)6-3-10(15(16)18)9-12(11)19;1-4(6)3-5(2)7/h3-6,10-12,15,17H,7-9H2,1-2H3;4-7H,3H2,1-2H3/t10?,11-,12+,15?,17-,18-;4-,5-/m00/s1. The first-order valence-electron chi connectivity index (χ1n) is 10.7. The Morgan fingerprint density at radius 1 is 1.28 bits per heavy atom. The number of allylic oxidation sites excluding steroid dienone is 3. The van der Waals surface area contributed by atoms with Crippen LogP contribution in [-0.4, -0.2) is 66.0 Å². The van der Waals surface area contributed by atoms with Crippen molar-refractivity contribution in [1.82, 2.24) is 4.90 Å². The Balaban J connectivity index is 0.000000255. The first-order chi connectivity index (χ1) is 13.8. The molecule has 1 spiro atoms. The van der Waals surface area contributed by atoms with E-state index in [0.717, 1.165) is 30.9 Å². The first kappa shape index (κ1) is 20.6. The van der Waals surface area contributed by atoms with E-state index in [2.05, 4.69) is 24.1 Å². The molecule has 2 heterocycles. The number of methoxy groups -OCH3 is 1. The first-order valence-corrected chi connectivity index (χ1v) is 10.7. The highest BCUT2D eigenvalue weighted by molar-refractivity contribution is 5.96. The third-order valence-electron chi connectivity index (χ3n) is 7.40. The van der Waals surface area contributed by atoms with Crippen LogP contribution in [0.5, 0.6) is 0 Å².